The third-order valence-corrected chi connectivity index (χ3v) is 3.22. The Hall–Kier alpha value is -1.53. The Morgan fingerprint density at radius 1 is 1.21 bits per heavy atom. The average Bonchev–Trinajstić information content (AvgIpc) is 2.36. The minimum Gasteiger partial charge on any atom is -0.493 e. The van der Waals surface area contributed by atoms with Gasteiger partial charge in [0.15, 0.2) is 0 Å². The van der Waals surface area contributed by atoms with E-state index in [1.807, 2.05) is 13.8 Å². The quantitative estimate of drug-likeness (QED) is 0.853. The summed E-state index contributed by atoms with van der Waals surface area (Å²) in [4.78, 5) is 0. The number of nitrogens with zero attached hydrogens (tertiary/aromatic N) is 1. The molecule has 0 saturated carbocycles. The van der Waals surface area contributed by atoms with E-state index in [4.69, 9.17) is 10.00 Å². The summed E-state index contributed by atoms with van der Waals surface area (Å²) in [6.45, 7) is 10.9. The van der Waals surface area contributed by atoms with Gasteiger partial charge in [0.25, 0.3) is 0 Å². The fraction of sp³-hybridized carbons (Fsp3) is 0.562. The summed E-state index contributed by atoms with van der Waals surface area (Å²) in [6.07, 6.45) is 0.696. The molecule has 1 aromatic carbocycles. The van der Waals surface area contributed by atoms with Crippen molar-refractivity contribution in [3.63, 3.8) is 0 Å². The molecule has 3 nitrogen and oxygen atoms in total. The van der Waals surface area contributed by atoms with Gasteiger partial charge < -0.3 is 4.74 Å². The Bertz CT molecular complexity index is 461. The molecular weight excluding hydrogens is 236 g/mol. The van der Waals surface area contributed by atoms with E-state index >= 15 is 0 Å². The molecule has 1 unspecified atom stereocenters. The van der Waals surface area contributed by atoms with Crippen LogP contribution in [-0.4, -0.2) is 18.7 Å². The SMILES string of the molecule is Cc1ccc(C)c(OCCC(C#N)NC(C)C)c1C. The van der Waals surface area contributed by atoms with Crippen LogP contribution in [0.2, 0.25) is 0 Å². The van der Waals surface area contributed by atoms with Gasteiger partial charge in [-0.1, -0.05) is 12.1 Å². The predicted molar refractivity (Wildman–Crippen MR) is 78.4 cm³/mol. The molecule has 0 aliphatic heterocycles. The number of benzene rings is 1. The summed E-state index contributed by atoms with van der Waals surface area (Å²) in [5.41, 5.74) is 3.57. The molecule has 19 heavy (non-hydrogen) atoms. The van der Waals surface area contributed by atoms with Crippen molar-refractivity contribution in [3.8, 4) is 11.8 Å². The van der Waals surface area contributed by atoms with Crippen LogP contribution in [0.5, 0.6) is 5.75 Å². The van der Waals surface area contributed by atoms with E-state index in [0.29, 0.717) is 19.1 Å². The molecule has 1 rings (SSSR count). The van der Waals surface area contributed by atoms with E-state index in [0.717, 1.165) is 11.3 Å². The first-order valence-electron chi connectivity index (χ1n) is 6.81. The van der Waals surface area contributed by atoms with Crippen molar-refractivity contribution in [2.75, 3.05) is 6.61 Å². The maximum Gasteiger partial charge on any atom is 0.125 e. The Morgan fingerprint density at radius 3 is 2.42 bits per heavy atom. The third kappa shape index (κ3) is 4.57. The number of aryl methyl sites for hydroxylation is 2. The van der Waals surface area contributed by atoms with Crippen molar-refractivity contribution in [2.45, 2.75) is 53.1 Å². The normalized spacial score (nSPS) is 12.3. The van der Waals surface area contributed by atoms with Gasteiger partial charge in [0, 0.05) is 12.5 Å². The van der Waals surface area contributed by atoms with Crippen LogP contribution in [-0.2, 0) is 0 Å². The minimum atomic E-state index is -0.148. The lowest BCUT2D eigenvalue weighted by Crippen LogP contribution is -2.34. The maximum absolute atomic E-state index is 9.06. The molecule has 0 aliphatic carbocycles. The summed E-state index contributed by atoms with van der Waals surface area (Å²) in [6, 6.07) is 6.62. The third-order valence-electron chi connectivity index (χ3n) is 3.22. The standard InChI is InChI=1S/C16H24N2O/c1-11(2)18-15(10-17)8-9-19-16-13(4)7-6-12(3)14(16)5/h6-7,11,15,18H,8-9H2,1-5H3. The monoisotopic (exact) mass is 260 g/mol. The molecule has 1 N–H and O–H groups in total. The first-order chi connectivity index (χ1) is 8.95. The Morgan fingerprint density at radius 2 is 1.84 bits per heavy atom. The van der Waals surface area contributed by atoms with Gasteiger partial charge in [-0.05, 0) is 51.3 Å². The highest BCUT2D eigenvalue weighted by atomic mass is 16.5. The fourth-order valence-corrected chi connectivity index (χ4v) is 2.01. The Labute approximate surface area is 116 Å². The fourth-order valence-electron chi connectivity index (χ4n) is 2.01. The maximum atomic E-state index is 9.06. The van der Waals surface area contributed by atoms with E-state index in [2.05, 4.69) is 44.3 Å². The molecule has 104 valence electrons. The van der Waals surface area contributed by atoms with Gasteiger partial charge in [-0.3, -0.25) is 5.32 Å². The molecule has 0 bridgehead atoms. The van der Waals surface area contributed by atoms with Crippen LogP contribution in [0, 0.1) is 32.1 Å². The molecule has 0 radical (unpaired) electrons. The smallest absolute Gasteiger partial charge is 0.125 e. The molecule has 0 heterocycles. The first-order valence-corrected chi connectivity index (χ1v) is 6.81. The topological polar surface area (TPSA) is 45.0 Å². The van der Waals surface area contributed by atoms with Crippen LogP contribution < -0.4 is 10.1 Å². The second-order valence-corrected chi connectivity index (χ2v) is 5.29. The number of nitriles is 1. The summed E-state index contributed by atoms with van der Waals surface area (Å²) in [5, 5.41) is 12.3. The second-order valence-electron chi connectivity index (χ2n) is 5.29. The molecule has 0 saturated heterocycles. The van der Waals surface area contributed by atoms with Gasteiger partial charge in [0.05, 0.1) is 18.7 Å². The average molecular weight is 260 g/mol. The van der Waals surface area contributed by atoms with Crippen LogP contribution in [0.15, 0.2) is 12.1 Å². The molecule has 0 aliphatic rings. The number of rotatable bonds is 6. The lowest BCUT2D eigenvalue weighted by Gasteiger charge is -2.17. The first kappa shape index (κ1) is 15.5. The van der Waals surface area contributed by atoms with Gasteiger partial charge in [-0.2, -0.15) is 5.26 Å². The van der Waals surface area contributed by atoms with E-state index in [9.17, 15) is 0 Å². The second kappa shape index (κ2) is 7.16. The summed E-state index contributed by atoms with van der Waals surface area (Å²) in [5.74, 6) is 0.959. The van der Waals surface area contributed by atoms with E-state index in [-0.39, 0.29) is 6.04 Å². The Kier molecular flexibility index (Phi) is 5.85. The van der Waals surface area contributed by atoms with Crippen LogP contribution >= 0.6 is 0 Å². The summed E-state index contributed by atoms with van der Waals surface area (Å²) < 4.78 is 5.87. The molecule has 3 heteroatoms. The van der Waals surface area contributed by atoms with Crippen molar-refractivity contribution in [2.24, 2.45) is 0 Å². The highest BCUT2D eigenvalue weighted by molar-refractivity contribution is 5.44. The highest BCUT2D eigenvalue weighted by Gasteiger charge is 2.10. The zero-order valence-corrected chi connectivity index (χ0v) is 12.6. The molecule has 0 fully saturated rings. The van der Waals surface area contributed by atoms with Gasteiger partial charge in [-0.15, -0.1) is 0 Å². The molecule has 0 spiro atoms. The van der Waals surface area contributed by atoms with Crippen LogP contribution in [0.4, 0.5) is 0 Å². The number of nitrogens with one attached hydrogen (secondary N) is 1. The van der Waals surface area contributed by atoms with Gasteiger partial charge in [-0.25, -0.2) is 0 Å². The molecule has 1 atom stereocenters. The largest absolute Gasteiger partial charge is 0.493 e. The van der Waals surface area contributed by atoms with Crippen molar-refractivity contribution in [3.05, 3.63) is 28.8 Å². The minimum absolute atomic E-state index is 0.148. The lowest BCUT2D eigenvalue weighted by atomic mass is 10.1. The van der Waals surface area contributed by atoms with E-state index in [1.54, 1.807) is 0 Å². The molecular formula is C16H24N2O. The number of hydrogen-bond acceptors (Lipinski definition) is 3. The van der Waals surface area contributed by atoms with Crippen molar-refractivity contribution >= 4 is 0 Å². The van der Waals surface area contributed by atoms with Gasteiger partial charge in [0.2, 0.25) is 0 Å². The van der Waals surface area contributed by atoms with Crippen LogP contribution in [0.1, 0.15) is 37.0 Å². The summed E-state index contributed by atoms with van der Waals surface area (Å²) >= 11 is 0. The zero-order valence-electron chi connectivity index (χ0n) is 12.6. The van der Waals surface area contributed by atoms with Crippen molar-refractivity contribution in [1.29, 1.82) is 5.26 Å². The number of ether oxygens (including phenoxy) is 1. The highest BCUT2D eigenvalue weighted by Crippen LogP contribution is 2.25. The van der Waals surface area contributed by atoms with E-state index < -0.39 is 0 Å². The zero-order chi connectivity index (χ0) is 14.4. The van der Waals surface area contributed by atoms with E-state index in [1.165, 1.54) is 11.1 Å². The lowest BCUT2D eigenvalue weighted by molar-refractivity contribution is 0.291. The predicted octanol–water partition coefficient (Wildman–Crippen LogP) is 3.27. The van der Waals surface area contributed by atoms with Crippen molar-refractivity contribution < 1.29 is 4.74 Å². The van der Waals surface area contributed by atoms with Crippen LogP contribution in [0.3, 0.4) is 0 Å². The van der Waals surface area contributed by atoms with Crippen LogP contribution in [0.25, 0.3) is 0 Å². The molecule has 0 aromatic heterocycles. The molecule has 1 aromatic rings. The van der Waals surface area contributed by atoms with Gasteiger partial charge >= 0.3 is 0 Å². The number of hydrogen-bond donors (Lipinski definition) is 1. The van der Waals surface area contributed by atoms with Crippen molar-refractivity contribution in [1.82, 2.24) is 5.32 Å². The summed E-state index contributed by atoms with van der Waals surface area (Å²) in [7, 11) is 0. The Balaban J connectivity index is 2.58. The molecule has 0 amide bonds. The van der Waals surface area contributed by atoms with Gasteiger partial charge in [0.1, 0.15) is 5.75 Å².